The van der Waals surface area contributed by atoms with Crippen LogP contribution in [0.4, 0.5) is 4.39 Å². The van der Waals surface area contributed by atoms with Crippen LogP contribution in [0.3, 0.4) is 0 Å². The molecule has 0 aliphatic heterocycles. The van der Waals surface area contributed by atoms with Crippen LogP contribution < -0.4 is 4.74 Å². The number of aryl methyl sites for hydroxylation is 1. The zero-order valence-corrected chi connectivity index (χ0v) is 14.1. The molecule has 0 aliphatic carbocycles. The van der Waals surface area contributed by atoms with Gasteiger partial charge in [0.2, 0.25) is 0 Å². The first-order chi connectivity index (χ1) is 11.7. The molecule has 0 radical (unpaired) electrons. The first-order valence-corrected chi connectivity index (χ1v) is 8.24. The number of rotatable bonds is 6. The van der Waals surface area contributed by atoms with E-state index in [1.54, 1.807) is 4.57 Å². The van der Waals surface area contributed by atoms with Crippen LogP contribution >= 0.6 is 11.8 Å². The molecule has 1 aromatic carbocycles. The molecule has 0 fully saturated rings. The van der Waals surface area contributed by atoms with Crippen LogP contribution in [0.15, 0.2) is 46.8 Å². The molecular formula is C16H16FN5OS. The van der Waals surface area contributed by atoms with Gasteiger partial charge in [0.15, 0.2) is 16.8 Å². The molecule has 124 valence electrons. The molecule has 0 aliphatic rings. The maximum absolute atomic E-state index is 14.2. The predicted octanol–water partition coefficient (Wildman–Crippen LogP) is 3.04. The van der Waals surface area contributed by atoms with Crippen molar-refractivity contribution in [1.82, 2.24) is 24.7 Å². The molecule has 0 saturated carbocycles. The summed E-state index contributed by atoms with van der Waals surface area (Å²) in [6, 6.07) is 9.46. The molecule has 0 N–H and O–H groups in total. The monoisotopic (exact) mass is 345 g/mol. The van der Waals surface area contributed by atoms with Gasteiger partial charge in [-0.15, -0.1) is 10.2 Å². The normalized spacial score (nSPS) is 10.8. The molecule has 0 bridgehead atoms. The fourth-order valence-electron chi connectivity index (χ4n) is 2.02. The van der Waals surface area contributed by atoms with Crippen molar-refractivity contribution in [3.63, 3.8) is 0 Å². The van der Waals surface area contributed by atoms with Gasteiger partial charge in [0.25, 0.3) is 0 Å². The lowest BCUT2D eigenvalue weighted by Gasteiger charge is -2.07. The number of halogens is 1. The summed E-state index contributed by atoms with van der Waals surface area (Å²) in [6.45, 7) is 2.13. The second-order valence-corrected chi connectivity index (χ2v) is 5.91. The summed E-state index contributed by atoms with van der Waals surface area (Å²) in [5.41, 5.74) is 0.391. The van der Waals surface area contributed by atoms with Crippen LogP contribution in [0, 0.1) is 5.82 Å². The molecule has 0 unspecified atom stereocenters. The van der Waals surface area contributed by atoms with Crippen LogP contribution in [0.1, 0.15) is 18.4 Å². The van der Waals surface area contributed by atoms with Gasteiger partial charge in [-0.2, -0.15) is 0 Å². The summed E-state index contributed by atoms with van der Waals surface area (Å²) in [5, 5.41) is 8.98. The van der Waals surface area contributed by atoms with Gasteiger partial charge in [-0.25, -0.2) is 14.4 Å². The van der Waals surface area contributed by atoms with E-state index < -0.39 is 5.82 Å². The first-order valence-electron chi connectivity index (χ1n) is 7.42. The van der Waals surface area contributed by atoms with Crippen LogP contribution in [-0.4, -0.2) is 24.7 Å². The largest absolute Gasteiger partial charge is 0.486 e. The Balaban J connectivity index is 1.73. The summed E-state index contributed by atoms with van der Waals surface area (Å²) in [7, 11) is 1.81. The van der Waals surface area contributed by atoms with E-state index >= 15 is 0 Å². The van der Waals surface area contributed by atoms with Crippen molar-refractivity contribution >= 4 is 11.8 Å². The van der Waals surface area contributed by atoms with Crippen LogP contribution in [0.5, 0.6) is 5.75 Å². The number of aromatic nitrogens is 5. The quantitative estimate of drug-likeness (QED) is 0.640. The fourth-order valence-corrected chi connectivity index (χ4v) is 2.82. The van der Waals surface area contributed by atoms with E-state index in [2.05, 4.69) is 20.2 Å². The zero-order valence-electron chi connectivity index (χ0n) is 13.3. The minimum atomic E-state index is -0.407. The lowest BCUT2D eigenvalue weighted by Crippen LogP contribution is -2.04. The SMILES string of the molecule is CCc1ncnc(Sc2nnc(COc3ccccc3)n2C)c1F. The Bertz CT molecular complexity index is 825. The van der Waals surface area contributed by atoms with Gasteiger partial charge in [0.1, 0.15) is 23.7 Å². The molecule has 0 spiro atoms. The summed E-state index contributed by atoms with van der Waals surface area (Å²) in [4.78, 5) is 7.92. The molecule has 8 heteroatoms. The minimum absolute atomic E-state index is 0.243. The average Bonchev–Trinajstić information content (AvgIpc) is 2.96. The second kappa shape index (κ2) is 7.39. The van der Waals surface area contributed by atoms with Crippen molar-refractivity contribution in [3.05, 3.63) is 54.0 Å². The highest BCUT2D eigenvalue weighted by atomic mass is 32.2. The molecule has 2 aromatic heterocycles. The maximum Gasteiger partial charge on any atom is 0.197 e. The van der Waals surface area contributed by atoms with E-state index in [1.807, 2.05) is 44.3 Å². The number of nitrogens with zero attached hydrogens (tertiary/aromatic N) is 5. The second-order valence-electron chi connectivity index (χ2n) is 4.95. The summed E-state index contributed by atoms with van der Waals surface area (Å²) in [5.74, 6) is 0.991. The number of benzene rings is 1. The Kier molecular flexibility index (Phi) is 5.05. The smallest absolute Gasteiger partial charge is 0.197 e. The van der Waals surface area contributed by atoms with E-state index in [9.17, 15) is 4.39 Å². The lowest BCUT2D eigenvalue weighted by atomic mass is 10.3. The summed E-state index contributed by atoms with van der Waals surface area (Å²) < 4.78 is 21.7. The van der Waals surface area contributed by atoms with Gasteiger partial charge in [0, 0.05) is 7.05 Å². The maximum atomic E-state index is 14.2. The van der Waals surface area contributed by atoms with Crippen molar-refractivity contribution in [1.29, 1.82) is 0 Å². The number of ether oxygens (including phenoxy) is 1. The highest BCUT2D eigenvalue weighted by Crippen LogP contribution is 2.27. The first kappa shape index (κ1) is 16.4. The van der Waals surface area contributed by atoms with Gasteiger partial charge in [-0.3, -0.25) is 0 Å². The van der Waals surface area contributed by atoms with Gasteiger partial charge < -0.3 is 9.30 Å². The number of hydrogen-bond donors (Lipinski definition) is 0. The summed E-state index contributed by atoms with van der Waals surface area (Å²) >= 11 is 1.12. The van der Waals surface area contributed by atoms with Crippen LogP contribution in [0.2, 0.25) is 0 Å². The predicted molar refractivity (Wildman–Crippen MR) is 87.3 cm³/mol. The summed E-state index contributed by atoms with van der Waals surface area (Å²) in [6.07, 6.45) is 1.87. The van der Waals surface area contributed by atoms with Crippen molar-refractivity contribution in [3.8, 4) is 5.75 Å². The fraction of sp³-hybridized carbons (Fsp3) is 0.250. The molecule has 3 rings (SSSR count). The van der Waals surface area contributed by atoms with Gasteiger partial charge in [-0.1, -0.05) is 25.1 Å². The van der Waals surface area contributed by atoms with Crippen LogP contribution in [0.25, 0.3) is 0 Å². The van der Waals surface area contributed by atoms with Gasteiger partial charge in [-0.05, 0) is 30.3 Å². The molecule has 2 heterocycles. The topological polar surface area (TPSA) is 65.7 Å². The van der Waals surface area contributed by atoms with Gasteiger partial charge in [0.05, 0.1) is 5.69 Å². The lowest BCUT2D eigenvalue weighted by molar-refractivity contribution is 0.290. The third kappa shape index (κ3) is 3.53. The molecule has 3 aromatic rings. The molecular weight excluding hydrogens is 329 g/mol. The van der Waals surface area contributed by atoms with E-state index in [4.69, 9.17) is 4.74 Å². The third-order valence-corrected chi connectivity index (χ3v) is 4.40. The van der Waals surface area contributed by atoms with Crippen LogP contribution in [-0.2, 0) is 20.1 Å². The molecule has 0 atom stereocenters. The third-order valence-electron chi connectivity index (χ3n) is 3.39. The molecule has 0 amide bonds. The van der Waals surface area contributed by atoms with E-state index in [1.165, 1.54) is 6.33 Å². The Labute approximate surface area is 143 Å². The van der Waals surface area contributed by atoms with Crippen molar-refractivity contribution in [2.24, 2.45) is 7.05 Å². The Hall–Kier alpha value is -2.48. The van der Waals surface area contributed by atoms with Gasteiger partial charge >= 0.3 is 0 Å². The highest BCUT2D eigenvalue weighted by Gasteiger charge is 2.16. The molecule has 24 heavy (non-hydrogen) atoms. The van der Waals surface area contributed by atoms with Crippen molar-refractivity contribution < 1.29 is 9.13 Å². The Morgan fingerprint density at radius 3 is 2.71 bits per heavy atom. The van der Waals surface area contributed by atoms with E-state index in [-0.39, 0.29) is 11.6 Å². The molecule has 0 saturated heterocycles. The van der Waals surface area contributed by atoms with Crippen molar-refractivity contribution in [2.45, 2.75) is 30.1 Å². The zero-order chi connectivity index (χ0) is 16.9. The average molecular weight is 345 g/mol. The highest BCUT2D eigenvalue weighted by molar-refractivity contribution is 7.99. The number of para-hydroxylation sites is 1. The minimum Gasteiger partial charge on any atom is -0.486 e. The Morgan fingerprint density at radius 2 is 1.96 bits per heavy atom. The van der Waals surface area contributed by atoms with Crippen molar-refractivity contribution in [2.75, 3.05) is 0 Å². The van der Waals surface area contributed by atoms with E-state index in [0.29, 0.717) is 23.1 Å². The standard InChI is InChI=1S/C16H16FN5OS/c1-3-12-14(17)15(19-10-18-12)24-16-21-20-13(22(16)2)9-23-11-7-5-4-6-8-11/h4-8,10H,3,9H2,1-2H3. The number of hydrogen-bond acceptors (Lipinski definition) is 6. The Morgan fingerprint density at radius 1 is 1.17 bits per heavy atom. The van der Waals surface area contributed by atoms with E-state index in [0.717, 1.165) is 17.5 Å². The molecule has 6 nitrogen and oxygen atoms in total.